The van der Waals surface area contributed by atoms with Crippen LogP contribution in [0.4, 0.5) is 4.39 Å². The number of amides is 1. The summed E-state index contributed by atoms with van der Waals surface area (Å²) >= 11 is 0. The van der Waals surface area contributed by atoms with Crippen molar-refractivity contribution in [2.75, 3.05) is 6.61 Å². The zero-order valence-electron chi connectivity index (χ0n) is 11.6. The molecule has 1 aliphatic rings. The molecule has 4 nitrogen and oxygen atoms in total. The molecule has 1 saturated carbocycles. The fourth-order valence-electron chi connectivity index (χ4n) is 1.94. The summed E-state index contributed by atoms with van der Waals surface area (Å²) in [6.07, 6.45) is 2.26. The van der Waals surface area contributed by atoms with E-state index in [2.05, 4.69) is 5.32 Å². The van der Waals surface area contributed by atoms with Crippen molar-refractivity contribution in [1.29, 1.82) is 0 Å². The van der Waals surface area contributed by atoms with Crippen LogP contribution in [0, 0.1) is 18.7 Å². The average Bonchev–Trinajstić information content (AvgIpc) is 3.23. The quantitative estimate of drug-likeness (QED) is 0.841. The summed E-state index contributed by atoms with van der Waals surface area (Å²) < 4.78 is 18.2. The zero-order chi connectivity index (χ0) is 14.7. The number of nitrogens with one attached hydrogen (secondary N) is 1. The van der Waals surface area contributed by atoms with E-state index in [-0.39, 0.29) is 24.1 Å². The van der Waals surface area contributed by atoms with Crippen molar-refractivity contribution in [2.24, 2.45) is 5.92 Å². The van der Waals surface area contributed by atoms with Gasteiger partial charge in [-0.25, -0.2) is 9.18 Å². The lowest BCUT2D eigenvalue weighted by atomic mass is 10.1. The van der Waals surface area contributed by atoms with E-state index in [0.29, 0.717) is 11.5 Å². The van der Waals surface area contributed by atoms with Crippen molar-refractivity contribution in [3.05, 3.63) is 35.1 Å². The van der Waals surface area contributed by atoms with Crippen LogP contribution in [-0.2, 0) is 9.53 Å². The van der Waals surface area contributed by atoms with Crippen molar-refractivity contribution >= 4 is 11.9 Å². The molecular weight excluding hydrogens is 261 g/mol. The fourth-order valence-corrected chi connectivity index (χ4v) is 1.94. The number of ether oxygens (including phenoxy) is 1. The Morgan fingerprint density at radius 3 is 2.75 bits per heavy atom. The van der Waals surface area contributed by atoms with Crippen LogP contribution in [0.5, 0.6) is 0 Å². The first-order valence-electron chi connectivity index (χ1n) is 6.70. The van der Waals surface area contributed by atoms with Crippen molar-refractivity contribution < 1.29 is 18.7 Å². The Kier molecular flexibility index (Phi) is 4.37. The van der Waals surface area contributed by atoms with Gasteiger partial charge in [-0.15, -0.1) is 0 Å². The van der Waals surface area contributed by atoms with Gasteiger partial charge < -0.3 is 10.1 Å². The minimum absolute atomic E-state index is 0.108. The monoisotopic (exact) mass is 279 g/mol. The van der Waals surface area contributed by atoms with Gasteiger partial charge >= 0.3 is 5.97 Å². The molecule has 20 heavy (non-hydrogen) atoms. The second-order valence-corrected chi connectivity index (χ2v) is 5.23. The lowest BCUT2D eigenvalue weighted by molar-refractivity contribution is -0.124. The molecule has 0 heterocycles. The van der Waals surface area contributed by atoms with E-state index in [0.717, 1.165) is 18.9 Å². The highest BCUT2D eigenvalue weighted by Gasteiger charge is 2.29. The fraction of sp³-hybridized carbons (Fsp3) is 0.467. The highest BCUT2D eigenvalue weighted by molar-refractivity contribution is 5.91. The normalized spacial score (nSPS) is 15.6. The lowest BCUT2D eigenvalue weighted by Crippen LogP contribution is -2.37. The van der Waals surface area contributed by atoms with Gasteiger partial charge in [0.15, 0.2) is 6.61 Å². The Morgan fingerprint density at radius 2 is 2.15 bits per heavy atom. The van der Waals surface area contributed by atoms with Gasteiger partial charge in [-0.2, -0.15) is 0 Å². The van der Waals surface area contributed by atoms with Crippen LogP contribution < -0.4 is 5.32 Å². The Morgan fingerprint density at radius 1 is 1.45 bits per heavy atom. The number of aryl methyl sites for hydroxylation is 1. The van der Waals surface area contributed by atoms with Gasteiger partial charge in [0.2, 0.25) is 0 Å². The molecule has 5 heteroatoms. The van der Waals surface area contributed by atoms with Gasteiger partial charge in [-0.05, 0) is 50.3 Å². The molecule has 0 saturated heterocycles. The molecular formula is C15H18FNO3. The third kappa shape index (κ3) is 3.79. The van der Waals surface area contributed by atoms with Crippen molar-refractivity contribution in [3.8, 4) is 0 Å². The van der Waals surface area contributed by atoms with E-state index in [1.165, 1.54) is 12.1 Å². The Bertz CT molecular complexity index is 526. The molecule has 0 unspecified atom stereocenters. The van der Waals surface area contributed by atoms with Crippen LogP contribution in [0.15, 0.2) is 18.2 Å². The van der Waals surface area contributed by atoms with Crippen LogP contribution in [0.1, 0.15) is 35.7 Å². The lowest BCUT2D eigenvalue weighted by Gasteiger charge is -2.12. The topological polar surface area (TPSA) is 55.4 Å². The molecule has 0 bridgehead atoms. The summed E-state index contributed by atoms with van der Waals surface area (Å²) in [5, 5.41) is 2.78. The van der Waals surface area contributed by atoms with E-state index >= 15 is 0 Å². The molecule has 2 rings (SSSR count). The molecule has 1 aromatic carbocycles. The molecule has 0 radical (unpaired) electrons. The first-order valence-corrected chi connectivity index (χ1v) is 6.70. The van der Waals surface area contributed by atoms with E-state index in [1.54, 1.807) is 6.92 Å². The minimum Gasteiger partial charge on any atom is -0.452 e. The molecule has 1 fully saturated rings. The molecule has 0 aromatic heterocycles. The Labute approximate surface area is 117 Å². The first-order chi connectivity index (χ1) is 9.47. The van der Waals surface area contributed by atoms with Crippen LogP contribution >= 0.6 is 0 Å². The van der Waals surface area contributed by atoms with Crippen LogP contribution in [0.2, 0.25) is 0 Å². The number of carbonyl (C=O) groups is 2. The predicted octanol–water partition coefficient (Wildman–Crippen LogP) is 2.21. The standard InChI is InChI=1S/C15H18FNO3/c1-9-3-4-12(7-13(9)16)15(19)20-8-14(18)17-10(2)11-5-6-11/h3-4,7,10-11H,5-6,8H2,1-2H3,(H,17,18)/t10-/m1/s1. The highest BCUT2D eigenvalue weighted by Crippen LogP contribution is 2.32. The molecule has 0 spiro atoms. The number of rotatable bonds is 5. The molecule has 1 amide bonds. The molecule has 1 aliphatic carbocycles. The maximum atomic E-state index is 13.3. The maximum absolute atomic E-state index is 13.3. The van der Waals surface area contributed by atoms with E-state index in [4.69, 9.17) is 4.74 Å². The van der Waals surface area contributed by atoms with Crippen LogP contribution in [0.3, 0.4) is 0 Å². The smallest absolute Gasteiger partial charge is 0.338 e. The first kappa shape index (κ1) is 14.5. The van der Waals surface area contributed by atoms with Gasteiger partial charge in [0.25, 0.3) is 5.91 Å². The predicted molar refractivity (Wildman–Crippen MR) is 71.7 cm³/mol. The summed E-state index contributed by atoms with van der Waals surface area (Å²) in [5.41, 5.74) is 0.564. The third-order valence-corrected chi connectivity index (χ3v) is 3.46. The van der Waals surface area contributed by atoms with Gasteiger partial charge in [0.1, 0.15) is 5.82 Å². The largest absolute Gasteiger partial charge is 0.452 e. The van der Waals surface area contributed by atoms with E-state index in [9.17, 15) is 14.0 Å². The highest BCUT2D eigenvalue weighted by atomic mass is 19.1. The van der Waals surface area contributed by atoms with E-state index < -0.39 is 11.8 Å². The molecule has 1 N–H and O–H groups in total. The van der Waals surface area contributed by atoms with E-state index in [1.807, 2.05) is 6.92 Å². The summed E-state index contributed by atoms with van der Waals surface area (Å²) in [6.45, 7) is 3.20. The summed E-state index contributed by atoms with van der Waals surface area (Å²) in [7, 11) is 0. The number of hydrogen-bond donors (Lipinski definition) is 1. The van der Waals surface area contributed by atoms with Gasteiger partial charge in [-0.3, -0.25) is 4.79 Å². The maximum Gasteiger partial charge on any atom is 0.338 e. The number of halogens is 1. The molecule has 108 valence electrons. The number of benzene rings is 1. The second kappa shape index (κ2) is 6.03. The van der Waals surface area contributed by atoms with Gasteiger partial charge in [0, 0.05) is 6.04 Å². The minimum atomic E-state index is -0.696. The average molecular weight is 279 g/mol. The van der Waals surface area contributed by atoms with Gasteiger partial charge in [0.05, 0.1) is 5.56 Å². The Hall–Kier alpha value is -1.91. The van der Waals surface area contributed by atoms with Crippen molar-refractivity contribution in [3.63, 3.8) is 0 Å². The number of carbonyl (C=O) groups excluding carboxylic acids is 2. The molecule has 0 aliphatic heterocycles. The third-order valence-electron chi connectivity index (χ3n) is 3.46. The van der Waals surface area contributed by atoms with Crippen molar-refractivity contribution in [1.82, 2.24) is 5.32 Å². The summed E-state index contributed by atoms with van der Waals surface area (Å²) in [4.78, 5) is 23.3. The SMILES string of the molecule is Cc1ccc(C(=O)OCC(=O)N[C@H](C)C2CC2)cc1F. The van der Waals surface area contributed by atoms with Crippen LogP contribution in [-0.4, -0.2) is 24.5 Å². The molecule has 1 atom stereocenters. The zero-order valence-corrected chi connectivity index (χ0v) is 11.6. The summed E-state index contributed by atoms with van der Waals surface area (Å²) in [6, 6.07) is 4.20. The van der Waals surface area contributed by atoms with Crippen LogP contribution in [0.25, 0.3) is 0 Å². The number of esters is 1. The Balaban J connectivity index is 1.81. The van der Waals surface area contributed by atoms with Gasteiger partial charge in [-0.1, -0.05) is 6.07 Å². The summed E-state index contributed by atoms with van der Waals surface area (Å²) in [5.74, 6) is -0.949. The van der Waals surface area contributed by atoms with Crippen molar-refractivity contribution in [2.45, 2.75) is 32.7 Å². The second-order valence-electron chi connectivity index (χ2n) is 5.23. The number of hydrogen-bond acceptors (Lipinski definition) is 3. The molecule has 1 aromatic rings.